The van der Waals surface area contributed by atoms with Crippen LogP contribution in [-0.4, -0.2) is 92.3 Å². The summed E-state index contributed by atoms with van der Waals surface area (Å²) < 4.78 is 10.4. The van der Waals surface area contributed by atoms with Crippen molar-refractivity contribution in [1.29, 1.82) is 0 Å². The number of ether oxygens (including phenoxy) is 2. The van der Waals surface area contributed by atoms with Gasteiger partial charge in [0.2, 0.25) is 5.91 Å². The topological polar surface area (TPSA) is 75.2 Å². The number of anilines is 1. The highest BCUT2D eigenvalue weighted by Crippen LogP contribution is 2.16. The van der Waals surface area contributed by atoms with Gasteiger partial charge in [-0.3, -0.25) is 14.5 Å². The van der Waals surface area contributed by atoms with Crippen molar-refractivity contribution in [3.63, 3.8) is 0 Å². The molecule has 1 aromatic heterocycles. The van der Waals surface area contributed by atoms with E-state index in [1.807, 2.05) is 22.1 Å². The van der Waals surface area contributed by atoms with Crippen molar-refractivity contribution < 1.29 is 19.1 Å². The lowest BCUT2D eigenvalue weighted by molar-refractivity contribution is -0.145. The normalized spacial score (nSPS) is 18.2. The molecule has 0 unspecified atom stereocenters. The smallest absolute Gasteiger partial charge is 0.320 e. The first-order valence-corrected chi connectivity index (χ1v) is 10.1. The molecule has 0 spiro atoms. The number of hydrogen-bond acceptors (Lipinski definition) is 7. The van der Waals surface area contributed by atoms with Gasteiger partial charge in [0.1, 0.15) is 5.82 Å². The van der Waals surface area contributed by atoms with Crippen LogP contribution in [0.5, 0.6) is 0 Å². The second kappa shape index (κ2) is 10.4. The van der Waals surface area contributed by atoms with Crippen molar-refractivity contribution in [2.24, 2.45) is 0 Å². The fraction of sp³-hybridized carbons (Fsp3) is 0.650. The number of morpholine rings is 1. The first-order valence-electron chi connectivity index (χ1n) is 10.1. The summed E-state index contributed by atoms with van der Waals surface area (Å²) in [7, 11) is 0. The molecule has 8 heteroatoms. The molecule has 2 fully saturated rings. The van der Waals surface area contributed by atoms with E-state index in [9.17, 15) is 9.59 Å². The predicted molar refractivity (Wildman–Crippen MR) is 105 cm³/mol. The van der Waals surface area contributed by atoms with Gasteiger partial charge in [0.15, 0.2) is 0 Å². The van der Waals surface area contributed by atoms with Crippen LogP contribution < -0.4 is 4.90 Å². The summed E-state index contributed by atoms with van der Waals surface area (Å²) in [6, 6.07) is 4.06. The van der Waals surface area contributed by atoms with Gasteiger partial charge in [-0.15, -0.1) is 0 Å². The SMILES string of the molecule is CCOC(=O)CN1CCN(C(=O)CCc2ccnc(N3CCOCC3)c2)CC1. The van der Waals surface area contributed by atoms with E-state index in [-0.39, 0.29) is 11.9 Å². The molecule has 1 aromatic rings. The average molecular weight is 390 g/mol. The van der Waals surface area contributed by atoms with Gasteiger partial charge in [0.05, 0.1) is 26.4 Å². The van der Waals surface area contributed by atoms with Crippen molar-refractivity contribution >= 4 is 17.7 Å². The quantitative estimate of drug-likeness (QED) is 0.630. The summed E-state index contributed by atoms with van der Waals surface area (Å²) in [4.78, 5) is 34.7. The van der Waals surface area contributed by atoms with E-state index in [4.69, 9.17) is 9.47 Å². The molecule has 0 aliphatic carbocycles. The zero-order chi connectivity index (χ0) is 19.8. The monoisotopic (exact) mass is 390 g/mol. The van der Waals surface area contributed by atoms with E-state index < -0.39 is 0 Å². The van der Waals surface area contributed by atoms with Crippen LogP contribution in [0.15, 0.2) is 18.3 Å². The minimum absolute atomic E-state index is 0.167. The maximum atomic E-state index is 12.6. The Labute approximate surface area is 166 Å². The lowest BCUT2D eigenvalue weighted by Gasteiger charge is -2.34. The Kier molecular flexibility index (Phi) is 7.62. The number of nitrogens with zero attached hydrogens (tertiary/aromatic N) is 4. The Hall–Kier alpha value is -2.19. The second-order valence-electron chi connectivity index (χ2n) is 7.08. The molecule has 0 N–H and O–H groups in total. The van der Waals surface area contributed by atoms with Crippen molar-refractivity contribution in [2.45, 2.75) is 19.8 Å². The van der Waals surface area contributed by atoms with Crippen molar-refractivity contribution in [1.82, 2.24) is 14.8 Å². The van der Waals surface area contributed by atoms with Crippen LogP contribution >= 0.6 is 0 Å². The predicted octanol–water partition coefficient (Wildman–Crippen LogP) is 0.558. The fourth-order valence-electron chi connectivity index (χ4n) is 3.54. The molecule has 154 valence electrons. The molecule has 1 amide bonds. The molecule has 0 atom stereocenters. The standard InChI is InChI=1S/C20H30N4O4/c1-2-28-20(26)16-22-7-9-24(10-8-22)19(25)4-3-17-5-6-21-18(15-17)23-11-13-27-14-12-23/h5-6,15H,2-4,7-14,16H2,1H3. The van der Waals surface area contributed by atoms with Crippen molar-refractivity contribution in [3.05, 3.63) is 23.9 Å². The Morgan fingerprint density at radius 2 is 1.89 bits per heavy atom. The number of carbonyl (C=O) groups excluding carboxylic acids is 2. The fourth-order valence-corrected chi connectivity index (χ4v) is 3.54. The third-order valence-electron chi connectivity index (χ3n) is 5.16. The number of hydrogen-bond donors (Lipinski definition) is 0. The third kappa shape index (κ3) is 5.90. The highest BCUT2D eigenvalue weighted by Gasteiger charge is 2.22. The van der Waals surface area contributed by atoms with Gasteiger partial charge in [0.25, 0.3) is 0 Å². The number of carbonyl (C=O) groups is 2. The minimum Gasteiger partial charge on any atom is -0.465 e. The number of piperazine rings is 1. The van der Waals surface area contributed by atoms with E-state index in [0.717, 1.165) is 37.7 Å². The first kappa shape index (κ1) is 20.5. The molecular weight excluding hydrogens is 360 g/mol. The van der Waals surface area contributed by atoms with E-state index in [2.05, 4.69) is 16.0 Å². The highest BCUT2D eigenvalue weighted by molar-refractivity contribution is 5.76. The molecule has 3 rings (SSSR count). The van der Waals surface area contributed by atoms with Crippen LogP contribution in [0.25, 0.3) is 0 Å². The number of amides is 1. The molecule has 0 bridgehead atoms. The van der Waals surface area contributed by atoms with Crippen molar-refractivity contribution in [2.75, 3.05) is 70.5 Å². The molecule has 3 heterocycles. The molecule has 2 saturated heterocycles. The summed E-state index contributed by atoms with van der Waals surface area (Å²) in [6.07, 6.45) is 3.02. The number of esters is 1. The van der Waals surface area contributed by atoms with Crippen molar-refractivity contribution in [3.8, 4) is 0 Å². The Morgan fingerprint density at radius 3 is 2.61 bits per heavy atom. The molecule has 0 aromatic carbocycles. The Balaban J connectivity index is 1.43. The molecule has 0 saturated carbocycles. The van der Waals surface area contributed by atoms with E-state index >= 15 is 0 Å². The van der Waals surface area contributed by atoms with Crippen LogP contribution in [0.2, 0.25) is 0 Å². The van der Waals surface area contributed by atoms with Gasteiger partial charge in [-0.05, 0) is 31.0 Å². The summed E-state index contributed by atoms with van der Waals surface area (Å²) >= 11 is 0. The lowest BCUT2D eigenvalue weighted by atomic mass is 10.1. The molecule has 8 nitrogen and oxygen atoms in total. The maximum Gasteiger partial charge on any atom is 0.320 e. The zero-order valence-electron chi connectivity index (χ0n) is 16.6. The van der Waals surface area contributed by atoms with Crippen LogP contribution in [0.1, 0.15) is 18.9 Å². The molecule has 0 radical (unpaired) electrons. The number of pyridine rings is 1. The lowest BCUT2D eigenvalue weighted by Crippen LogP contribution is -2.50. The number of aromatic nitrogens is 1. The van der Waals surface area contributed by atoms with Gasteiger partial charge in [-0.25, -0.2) is 4.98 Å². The summed E-state index contributed by atoms with van der Waals surface area (Å²) in [5, 5.41) is 0. The average Bonchev–Trinajstić information content (AvgIpc) is 2.73. The summed E-state index contributed by atoms with van der Waals surface area (Å²) in [6.45, 7) is 8.41. The van der Waals surface area contributed by atoms with Gasteiger partial charge in [0, 0.05) is 51.9 Å². The maximum absolute atomic E-state index is 12.6. The van der Waals surface area contributed by atoms with E-state index in [0.29, 0.717) is 52.2 Å². The molecular formula is C20H30N4O4. The van der Waals surface area contributed by atoms with Crippen LogP contribution in [0.3, 0.4) is 0 Å². The van der Waals surface area contributed by atoms with Crippen LogP contribution in [0, 0.1) is 0 Å². The number of rotatable bonds is 7. The van der Waals surface area contributed by atoms with Gasteiger partial charge < -0.3 is 19.3 Å². The zero-order valence-corrected chi connectivity index (χ0v) is 16.6. The molecule has 2 aliphatic heterocycles. The minimum atomic E-state index is -0.198. The summed E-state index contributed by atoms with van der Waals surface area (Å²) in [5.74, 6) is 0.928. The second-order valence-corrected chi connectivity index (χ2v) is 7.08. The van der Waals surface area contributed by atoms with Gasteiger partial charge in [-0.1, -0.05) is 0 Å². The summed E-state index contributed by atoms with van der Waals surface area (Å²) in [5.41, 5.74) is 1.13. The highest BCUT2D eigenvalue weighted by atomic mass is 16.5. The third-order valence-corrected chi connectivity index (χ3v) is 5.16. The molecule has 2 aliphatic rings. The van der Waals surface area contributed by atoms with Crippen LogP contribution in [0.4, 0.5) is 5.82 Å². The Bertz CT molecular complexity index is 655. The van der Waals surface area contributed by atoms with Crippen LogP contribution in [-0.2, 0) is 25.5 Å². The largest absolute Gasteiger partial charge is 0.465 e. The van der Waals surface area contributed by atoms with Gasteiger partial charge >= 0.3 is 5.97 Å². The first-order chi connectivity index (χ1) is 13.7. The van der Waals surface area contributed by atoms with Gasteiger partial charge in [-0.2, -0.15) is 0 Å². The number of aryl methyl sites for hydroxylation is 1. The van der Waals surface area contributed by atoms with E-state index in [1.54, 1.807) is 6.92 Å². The van der Waals surface area contributed by atoms with E-state index in [1.165, 1.54) is 0 Å². The molecule has 28 heavy (non-hydrogen) atoms. The Morgan fingerprint density at radius 1 is 1.14 bits per heavy atom.